The maximum Gasteiger partial charge on any atom is 0.336 e. The van der Waals surface area contributed by atoms with Gasteiger partial charge in [-0.3, -0.25) is 0 Å². The molecule has 0 saturated heterocycles. The van der Waals surface area contributed by atoms with Gasteiger partial charge in [0.05, 0.1) is 12.2 Å². The third-order valence-corrected chi connectivity index (χ3v) is 4.10. The van der Waals surface area contributed by atoms with Crippen LogP contribution in [0.4, 0.5) is 0 Å². The molecule has 20 heavy (non-hydrogen) atoms. The van der Waals surface area contributed by atoms with Gasteiger partial charge in [0, 0.05) is 8.59 Å². The highest BCUT2D eigenvalue weighted by molar-refractivity contribution is 14.1. The van der Waals surface area contributed by atoms with Gasteiger partial charge in [-0.2, -0.15) is 0 Å². The van der Waals surface area contributed by atoms with E-state index >= 15 is 0 Å². The van der Waals surface area contributed by atoms with Gasteiger partial charge in [0.25, 0.3) is 0 Å². The van der Waals surface area contributed by atoms with Crippen LogP contribution in [-0.2, 0) is 6.61 Å². The first-order valence-electron chi connectivity index (χ1n) is 5.61. The minimum Gasteiger partial charge on any atom is -0.478 e. The Kier molecular flexibility index (Phi) is 4.85. The molecule has 2 rings (SSSR count). The SMILES string of the molecule is O=C(O)c1cc(Oc2ccc(Cl)cc2)cc(CO)c1I. The first-order chi connectivity index (χ1) is 9.51. The van der Waals surface area contributed by atoms with Gasteiger partial charge in [0.1, 0.15) is 11.5 Å². The van der Waals surface area contributed by atoms with Crippen LogP contribution in [0.1, 0.15) is 15.9 Å². The number of hydrogen-bond donors (Lipinski definition) is 2. The molecule has 0 bridgehead atoms. The van der Waals surface area contributed by atoms with Crippen molar-refractivity contribution in [1.29, 1.82) is 0 Å². The van der Waals surface area contributed by atoms with Crippen molar-refractivity contribution in [3.8, 4) is 11.5 Å². The number of carboxylic acid groups (broad SMARTS) is 1. The number of benzene rings is 2. The number of aromatic carboxylic acids is 1. The average Bonchev–Trinajstić information content (AvgIpc) is 2.42. The Hall–Kier alpha value is -1.31. The van der Waals surface area contributed by atoms with Gasteiger partial charge in [0.2, 0.25) is 0 Å². The molecule has 104 valence electrons. The van der Waals surface area contributed by atoms with Crippen LogP contribution in [0.3, 0.4) is 0 Å². The zero-order chi connectivity index (χ0) is 14.7. The van der Waals surface area contributed by atoms with E-state index in [4.69, 9.17) is 21.4 Å². The number of hydrogen-bond acceptors (Lipinski definition) is 3. The Morgan fingerprint density at radius 2 is 1.85 bits per heavy atom. The Balaban J connectivity index is 2.39. The highest BCUT2D eigenvalue weighted by Gasteiger charge is 2.14. The Morgan fingerprint density at radius 3 is 2.40 bits per heavy atom. The smallest absolute Gasteiger partial charge is 0.336 e. The molecule has 2 N–H and O–H groups in total. The second-order valence-corrected chi connectivity index (χ2v) is 5.48. The van der Waals surface area contributed by atoms with Crippen LogP contribution >= 0.6 is 34.2 Å². The minimum absolute atomic E-state index is 0.0983. The summed E-state index contributed by atoms with van der Waals surface area (Å²) in [5.74, 6) is -0.171. The molecule has 2 aromatic carbocycles. The predicted molar refractivity (Wildman–Crippen MR) is 83.6 cm³/mol. The van der Waals surface area contributed by atoms with Gasteiger partial charge in [-0.15, -0.1) is 0 Å². The van der Waals surface area contributed by atoms with Crippen molar-refractivity contribution in [2.75, 3.05) is 0 Å². The lowest BCUT2D eigenvalue weighted by Gasteiger charge is -2.11. The molecule has 0 amide bonds. The summed E-state index contributed by atoms with van der Waals surface area (Å²) in [6.45, 7) is -0.254. The summed E-state index contributed by atoms with van der Waals surface area (Å²) < 4.78 is 6.09. The van der Waals surface area contributed by atoms with E-state index in [1.54, 1.807) is 30.3 Å². The lowest BCUT2D eigenvalue weighted by Crippen LogP contribution is -2.04. The maximum absolute atomic E-state index is 11.2. The van der Waals surface area contributed by atoms with Crippen molar-refractivity contribution in [3.63, 3.8) is 0 Å². The average molecular weight is 405 g/mol. The third-order valence-electron chi connectivity index (χ3n) is 2.57. The van der Waals surface area contributed by atoms with Crippen LogP contribution in [0.25, 0.3) is 0 Å². The molecule has 0 aromatic heterocycles. The fraction of sp³-hybridized carbons (Fsp3) is 0.0714. The molecule has 0 saturated carbocycles. The number of aliphatic hydroxyl groups is 1. The summed E-state index contributed by atoms with van der Waals surface area (Å²) in [5, 5.41) is 19.0. The molecule has 0 atom stereocenters. The first-order valence-corrected chi connectivity index (χ1v) is 7.07. The van der Waals surface area contributed by atoms with Crippen LogP contribution in [0.15, 0.2) is 36.4 Å². The van der Waals surface area contributed by atoms with Crippen molar-refractivity contribution < 1.29 is 19.7 Å². The molecule has 0 radical (unpaired) electrons. The van der Waals surface area contributed by atoms with Gasteiger partial charge >= 0.3 is 5.97 Å². The highest BCUT2D eigenvalue weighted by Crippen LogP contribution is 2.29. The van der Waals surface area contributed by atoms with E-state index in [1.165, 1.54) is 6.07 Å². The van der Waals surface area contributed by atoms with Gasteiger partial charge < -0.3 is 14.9 Å². The predicted octanol–water partition coefficient (Wildman–Crippen LogP) is 3.93. The minimum atomic E-state index is -1.06. The number of carboxylic acids is 1. The normalized spacial score (nSPS) is 10.3. The van der Waals surface area contributed by atoms with Gasteiger partial charge in [-0.25, -0.2) is 4.79 Å². The standard InChI is InChI=1S/C14H10ClIO4/c15-9-1-3-10(4-2-9)20-11-5-8(7-17)13(16)12(6-11)14(18)19/h1-6,17H,7H2,(H,18,19). The second kappa shape index (κ2) is 6.43. The lowest BCUT2D eigenvalue weighted by molar-refractivity contribution is 0.0695. The van der Waals surface area contributed by atoms with E-state index < -0.39 is 5.97 Å². The number of halogens is 2. The fourth-order valence-electron chi connectivity index (χ4n) is 1.62. The summed E-state index contributed by atoms with van der Waals surface area (Å²) in [6, 6.07) is 9.75. The lowest BCUT2D eigenvalue weighted by atomic mass is 10.1. The largest absolute Gasteiger partial charge is 0.478 e. The zero-order valence-electron chi connectivity index (χ0n) is 10.1. The number of carbonyl (C=O) groups is 1. The van der Waals surface area contributed by atoms with Gasteiger partial charge in [-0.1, -0.05) is 11.6 Å². The number of ether oxygens (including phenoxy) is 1. The van der Waals surface area contributed by atoms with E-state index in [-0.39, 0.29) is 12.2 Å². The van der Waals surface area contributed by atoms with Crippen LogP contribution in [-0.4, -0.2) is 16.2 Å². The fourth-order valence-corrected chi connectivity index (χ4v) is 2.46. The second-order valence-electron chi connectivity index (χ2n) is 3.96. The Labute approximate surface area is 134 Å². The van der Waals surface area contributed by atoms with Crippen LogP contribution in [0.5, 0.6) is 11.5 Å². The maximum atomic E-state index is 11.2. The Morgan fingerprint density at radius 1 is 1.20 bits per heavy atom. The van der Waals surface area contributed by atoms with Crippen LogP contribution in [0, 0.1) is 3.57 Å². The highest BCUT2D eigenvalue weighted by atomic mass is 127. The van der Waals surface area contributed by atoms with Crippen LogP contribution in [0.2, 0.25) is 5.02 Å². The summed E-state index contributed by atoms with van der Waals surface area (Å²) in [6.07, 6.45) is 0. The molecule has 0 heterocycles. The summed E-state index contributed by atoms with van der Waals surface area (Å²) >= 11 is 7.68. The molecule has 6 heteroatoms. The molecule has 0 aliphatic heterocycles. The molecule has 0 aliphatic carbocycles. The summed E-state index contributed by atoms with van der Waals surface area (Å²) in [4.78, 5) is 11.2. The van der Waals surface area contributed by atoms with E-state index in [2.05, 4.69) is 0 Å². The van der Waals surface area contributed by atoms with Crippen molar-refractivity contribution in [1.82, 2.24) is 0 Å². The van der Waals surface area contributed by atoms with Crippen molar-refractivity contribution in [2.45, 2.75) is 6.61 Å². The number of rotatable bonds is 4. The first kappa shape index (κ1) is 15.1. The molecule has 0 spiro atoms. The van der Waals surface area contributed by atoms with E-state index in [0.717, 1.165) is 0 Å². The van der Waals surface area contributed by atoms with Crippen molar-refractivity contribution in [3.05, 3.63) is 56.1 Å². The van der Waals surface area contributed by atoms with Gasteiger partial charge in [-0.05, 0) is 64.6 Å². The topological polar surface area (TPSA) is 66.8 Å². The molecular formula is C14H10ClIO4. The Bertz CT molecular complexity index is 640. The molecule has 4 nitrogen and oxygen atoms in total. The molecule has 0 fully saturated rings. The van der Waals surface area contributed by atoms with Crippen LogP contribution < -0.4 is 4.74 Å². The van der Waals surface area contributed by atoms with E-state index in [1.807, 2.05) is 22.6 Å². The number of aliphatic hydroxyl groups excluding tert-OH is 1. The van der Waals surface area contributed by atoms with Crippen molar-refractivity contribution in [2.24, 2.45) is 0 Å². The van der Waals surface area contributed by atoms with Crippen molar-refractivity contribution >= 4 is 40.2 Å². The van der Waals surface area contributed by atoms with E-state index in [9.17, 15) is 9.90 Å². The molecule has 0 aliphatic rings. The van der Waals surface area contributed by atoms with E-state index in [0.29, 0.717) is 25.7 Å². The zero-order valence-corrected chi connectivity index (χ0v) is 13.1. The third kappa shape index (κ3) is 3.41. The summed E-state index contributed by atoms with van der Waals surface area (Å²) in [5.41, 5.74) is 0.607. The molecule has 2 aromatic rings. The van der Waals surface area contributed by atoms with Gasteiger partial charge in [0.15, 0.2) is 0 Å². The summed E-state index contributed by atoms with van der Waals surface area (Å²) in [7, 11) is 0. The monoisotopic (exact) mass is 404 g/mol. The molecular weight excluding hydrogens is 395 g/mol. The quantitative estimate of drug-likeness (QED) is 0.758. The molecule has 0 unspecified atom stereocenters.